The van der Waals surface area contributed by atoms with Gasteiger partial charge in [0.15, 0.2) is 0 Å². The van der Waals surface area contributed by atoms with Crippen LogP contribution in [-0.2, 0) is 6.42 Å². The maximum atomic E-state index is 2.50. The second kappa shape index (κ2) is 4.82. The highest BCUT2D eigenvalue weighted by atomic mass is 28.3. The molecule has 0 radical (unpaired) electrons. The van der Waals surface area contributed by atoms with Crippen LogP contribution in [0.25, 0.3) is 0 Å². The van der Waals surface area contributed by atoms with E-state index < -0.39 is 8.07 Å². The van der Waals surface area contributed by atoms with Crippen molar-refractivity contribution >= 4 is 8.07 Å². The topological polar surface area (TPSA) is 0 Å². The number of hydrogen-bond acceptors (Lipinski definition) is 0. The molecule has 2 heteroatoms. The van der Waals surface area contributed by atoms with E-state index in [4.69, 9.17) is 0 Å². The first-order chi connectivity index (χ1) is 8.36. The van der Waals surface area contributed by atoms with Gasteiger partial charge in [0.1, 0.15) is 14.1 Å². The molecule has 1 aliphatic rings. The summed E-state index contributed by atoms with van der Waals surface area (Å²) in [5, 5.41) is 0. The summed E-state index contributed by atoms with van der Waals surface area (Å²) < 4.78 is 1.27. The minimum atomic E-state index is -1.02. The Hall–Kier alpha value is -0.603. The average Bonchev–Trinajstić information content (AvgIpc) is 2.26. The second-order valence-electron chi connectivity index (χ2n) is 7.29. The van der Waals surface area contributed by atoms with E-state index in [0.29, 0.717) is 6.04 Å². The molecule has 0 aliphatic carbocycles. The van der Waals surface area contributed by atoms with Gasteiger partial charge in [-0.25, -0.2) is 0 Å². The van der Waals surface area contributed by atoms with Crippen molar-refractivity contribution in [1.29, 1.82) is 0 Å². The van der Waals surface area contributed by atoms with Gasteiger partial charge in [-0.3, -0.25) is 0 Å². The average molecular weight is 262 g/mol. The largest absolute Gasteiger partial charge is 0.323 e. The Kier molecular flexibility index (Phi) is 3.70. The zero-order valence-corrected chi connectivity index (χ0v) is 13.7. The predicted octanol–water partition coefficient (Wildman–Crippen LogP) is 4.02. The monoisotopic (exact) mass is 262 g/mol. The Balaban J connectivity index is 2.36. The zero-order chi connectivity index (χ0) is 13.4. The molecule has 2 atom stereocenters. The van der Waals surface area contributed by atoms with E-state index in [0.717, 1.165) is 0 Å². The molecule has 1 aliphatic heterocycles. The van der Waals surface area contributed by atoms with Gasteiger partial charge in [-0.2, -0.15) is 0 Å². The van der Waals surface area contributed by atoms with Crippen molar-refractivity contribution < 1.29 is 4.48 Å². The third-order valence-corrected chi connectivity index (χ3v) is 5.95. The normalized spacial score (nSPS) is 27.9. The lowest BCUT2D eigenvalue weighted by atomic mass is 9.90. The van der Waals surface area contributed by atoms with Crippen molar-refractivity contribution in [2.24, 2.45) is 0 Å². The van der Waals surface area contributed by atoms with Crippen LogP contribution in [0, 0.1) is 0 Å². The summed E-state index contributed by atoms with van der Waals surface area (Å²) in [6.45, 7) is 11.2. The smallest absolute Gasteiger partial charge is 0.114 e. The number of likely N-dealkylation sites (N-methyl/N-ethyl adjacent to an activating group) is 1. The molecule has 0 saturated heterocycles. The molecule has 1 aromatic rings. The number of hydrogen-bond donors (Lipinski definition) is 0. The molecule has 1 aromatic carbocycles. The Morgan fingerprint density at radius 1 is 1.22 bits per heavy atom. The summed E-state index contributed by atoms with van der Waals surface area (Å²) in [6, 6.07) is 9.81. The van der Waals surface area contributed by atoms with Crippen molar-refractivity contribution in [3.63, 3.8) is 0 Å². The Labute approximate surface area is 113 Å². The van der Waals surface area contributed by atoms with Crippen LogP contribution in [0.3, 0.4) is 0 Å². The molecule has 18 heavy (non-hydrogen) atoms. The van der Waals surface area contributed by atoms with Crippen LogP contribution in [0.2, 0.25) is 19.6 Å². The maximum Gasteiger partial charge on any atom is 0.114 e. The van der Waals surface area contributed by atoms with Gasteiger partial charge in [-0.15, -0.1) is 0 Å². The van der Waals surface area contributed by atoms with E-state index in [1.54, 1.807) is 11.1 Å². The summed E-state index contributed by atoms with van der Waals surface area (Å²) in [5.41, 5.74) is 3.21. The minimum absolute atomic E-state index is 0.710. The Morgan fingerprint density at radius 2 is 1.89 bits per heavy atom. The van der Waals surface area contributed by atoms with Crippen molar-refractivity contribution in [2.75, 3.05) is 19.8 Å². The summed E-state index contributed by atoms with van der Waals surface area (Å²) in [7, 11) is 1.46. The molecular weight excluding hydrogens is 234 g/mol. The van der Waals surface area contributed by atoms with Gasteiger partial charge < -0.3 is 4.48 Å². The number of nitrogens with zero attached hydrogens (tertiary/aromatic N) is 1. The fourth-order valence-electron chi connectivity index (χ4n) is 3.89. The molecule has 0 amide bonds. The highest BCUT2D eigenvalue weighted by Crippen LogP contribution is 2.37. The van der Waals surface area contributed by atoms with Crippen LogP contribution in [0.15, 0.2) is 24.3 Å². The summed E-state index contributed by atoms with van der Waals surface area (Å²) in [5.74, 6) is 0. The molecule has 0 unspecified atom stereocenters. The molecule has 2 rings (SSSR count). The van der Waals surface area contributed by atoms with E-state index in [-0.39, 0.29) is 0 Å². The first-order valence-electron chi connectivity index (χ1n) is 7.28. The quantitative estimate of drug-likeness (QED) is 0.570. The maximum absolute atomic E-state index is 2.50. The van der Waals surface area contributed by atoms with E-state index >= 15 is 0 Å². The first-order valence-corrected chi connectivity index (χ1v) is 11.0. The number of benzene rings is 1. The first kappa shape index (κ1) is 13.8. The number of fused-ring (bicyclic) bond motifs is 1. The molecule has 0 spiro atoms. The third kappa shape index (κ3) is 2.70. The van der Waals surface area contributed by atoms with E-state index in [1.165, 1.54) is 30.0 Å². The Bertz CT molecular complexity index is 421. The molecule has 0 fully saturated rings. The van der Waals surface area contributed by atoms with E-state index in [2.05, 4.69) is 57.9 Å². The fraction of sp³-hybridized carbons (Fsp3) is 0.625. The van der Waals surface area contributed by atoms with Crippen LogP contribution < -0.4 is 0 Å². The summed E-state index contributed by atoms with van der Waals surface area (Å²) in [6.07, 6.45) is 3.92. The highest BCUT2D eigenvalue weighted by Gasteiger charge is 2.40. The van der Waals surface area contributed by atoms with Crippen LogP contribution in [0.1, 0.15) is 30.5 Å². The molecule has 0 N–H and O–H groups in total. The highest BCUT2D eigenvalue weighted by molar-refractivity contribution is 6.76. The molecule has 0 bridgehead atoms. The fourth-order valence-corrected chi connectivity index (χ4v) is 6.43. The van der Waals surface area contributed by atoms with Gasteiger partial charge in [-0.1, -0.05) is 50.8 Å². The van der Waals surface area contributed by atoms with Crippen LogP contribution in [-0.4, -0.2) is 32.3 Å². The van der Waals surface area contributed by atoms with Gasteiger partial charge in [-0.05, 0) is 5.56 Å². The number of quaternary nitrogens is 1. The molecule has 0 saturated carbocycles. The van der Waals surface area contributed by atoms with Gasteiger partial charge >= 0.3 is 0 Å². The van der Waals surface area contributed by atoms with Gasteiger partial charge in [0.25, 0.3) is 0 Å². The number of rotatable bonds is 3. The van der Waals surface area contributed by atoms with Crippen molar-refractivity contribution in [3.8, 4) is 0 Å². The lowest BCUT2D eigenvalue weighted by Gasteiger charge is -2.48. The molecule has 1 nitrogen and oxygen atoms in total. The van der Waals surface area contributed by atoms with Gasteiger partial charge in [0, 0.05) is 18.4 Å². The third-order valence-electron chi connectivity index (χ3n) is 4.28. The van der Waals surface area contributed by atoms with Crippen molar-refractivity contribution in [1.82, 2.24) is 0 Å². The van der Waals surface area contributed by atoms with Crippen LogP contribution in [0.5, 0.6) is 0 Å². The summed E-state index contributed by atoms with van der Waals surface area (Å²) in [4.78, 5) is 0. The molecule has 0 aromatic heterocycles. The molecule has 1 heterocycles. The standard InChI is InChI=1S/C16H28NSi/c1-6-16-15-10-8-7-9-14(15)11-12-17(16,2)13-18(3,4)5/h7-10,16H,6,11-13H2,1-5H3/q+1/t16-,17-/m0/s1. The summed E-state index contributed by atoms with van der Waals surface area (Å²) >= 11 is 0. The van der Waals surface area contributed by atoms with E-state index in [1.807, 2.05) is 0 Å². The second-order valence-corrected chi connectivity index (χ2v) is 12.7. The van der Waals surface area contributed by atoms with Crippen molar-refractivity contribution in [3.05, 3.63) is 35.4 Å². The lowest BCUT2D eigenvalue weighted by molar-refractivity contribution is -0.932. The van der Waals surface area contributed by atoms with Crippen molar-refractivity contribution in [2.45, 2.75) is 45.4 Å². The molecule has 100 valence electrons. The zero-order valence-electron chi connectivity index (χ0n) is 12.7. The molecular formula is C16H28NSi+. The van der Waals surface area contributed by atoms with Crippen LogP contribution >= 0.6 is 0 Å². The van der Waals surface area contributed by atoms with Gasteiger partial charge in [0.05, 0.1) is 19.8 Å². The van der Waals surface area contributed by atoms with E-state index in [9.17, 15) is 0 Å². The predicted molar refractivity (Wildman–Crippen MR) is 82.4 cm³/mol. The Morgan fingerprint density at radius 3 is 2.50 bits per heavy atom. The lowest BCUT2D eigenvalue weighted by Crippen LogP contribution is -2.57. The van der Waals surface area contributed by atoms with Crippen LogP contribution in [0.4, 0.5) is 0 Å². The van der Waals surface area contributed by atoms with Gasteiger partial charge in [0.2, 0.25) is 0 Å². The SMILES string of the molecule is CC[C@H]1c2ccccc2CC[N@@+]1(C)C[Si](C)(C)C. The minimum Gasteiger partial charge on any atom is -0.323 e.